The maximum Gasteiger partial charge on any atom is 0.282 e. The quantitative estimate of drug-likeness (QED) is 0.443. The first-order chi connectivity index (χ1) is 16.5. The molecule has 2 aliphatic rings. The molecule has 0 aromatic heterocycles. The van der Waals surface area contributed by atoms with Gasteiger partial charge in [-0.1, -0.05) is 6.07 Å². The maximum absolute atomic E-state index is 12.5. The number of amides is 1. The summed E-state index contributed by atoms with van der Waals surface area (Å²) in [6, 6.07) is 12.6. The van der Waals surface area contributed by atoms with E-state index >= 15 is 0 Å². The van der Waals surface area contributed by atoms with Crippen molar-refractivity contribution in [3.8, 4) is 23.0 Å². The fourth-order valence-corrected chi connectivity index (χ4v) is 3.35. The Morgan fingerprint density at radius 2 is 1.76 bits per heavy atom. The van der Waals surface area contributed by atoms with Gasteiger partial charge in [0.05, 0.1) is 19.3 Å². The zero-order valence-corrected chi connectivity index (χ0v) is 19.2. The second kappa shape index (κ2) is 10.1. The lowest BCUT2D eigenvalue weighted by Crippen LogP contribution is -2.38. The van der Waals surface area contributed by atoms with E-state index in [0.717, 1.165) is 5.75 Å². The van der Waals surface area contributed by atoms with Crippen LogP contribution < -0.4 is 18.9 Å². The van der Waals surface area contributed by atoms with Gasteiger partial charge in [0, 0.05) is 6.08 Å². The predicted molar refractivity (Wildman–Crippen MR) is 126 cm³/mol. The summed E-state index contributed by atoms with van der Waals surface area (Å²) in [5, 5.41) is 9.58. The molecular formula is C25H25N3O6. The van der Waals surface area contributed by atoms with Crippen LogP contribution in [0.5, 0.6) is 23.0 Å². The molecule has 34 heavy (non-hydrogen) atoms. The number of carbonyl (C=O) groups is 1. The molecule has 2 aromatic rings. The van der Waals surface area contributed by atoms with E-state index in [1.807, 2.05) is 31.2 Å². The molecule has 2 heterocycles. The van der Waals surface area contributed by atoms with E-state index in [2.05, 4.69) is 4.99 Å². The molecule has 0 aliphatic carbocycles. The number of hydroxylamine groups is 2. The first-order valence-electron chi connectivity index (χ1n) is 10.7. The van der Waals surface area contributed by atoms with Gasteiger partial charge < -0.3 is 23.8 Å². The van der Waals surface area contributed by atoms with Crippen molar-refractivity contribution in [2.45, 2.75) is 13.8 Å². The molecule has 2 aliphatic heterocycles. The number of rotatable bonds is 9. The second-order valence-electron chi connectivity index (χ2n) is 7.33. The van der Waals surface area contributed by atoms with Gasteiger partial charge in [-0.05, 0) is 61.9 Å². The minimum absolute atomic E-state index is 0.0722. The highest BCUT2D eigenvalue weighted by Crippen LogP contribution is 2.31. The van der Waals surface area contributed by atoms with Crippen molar-refractivity contribution < 1.29 is 28.6 Å². The highest BCUT2D eigenvalue weighted by molar-refractivity contribution is 6.32. The first kappa shape index (κ1) is 22.9. The highest BCUT2D eigenvalue weighted by atomic mass is 16.7. The van der Waals surface area contributed by atoms with Crippen molar-refractivity contribution in [1.29, 1.82) is 5.41 Å². The summed E-state index contributed by atoms with van der Waals surface area (Å²) < 4.78 is 22.4. The van der Waals surface area contributed by atoms with Gasteiger partial charge in [0.1, 0.15) is 30.5 Å². The van der Waals surface area contributed by atoms with Gasteiger partial charge in [0.25, 0.3) is 5.91 Å². The minimum Gasteiger partial charge on any atom is -0.497 e. The normalized spacial score (nSPS) is 16.0. The van der Waals surface area contributed by atoms with Crippen LogP contribution in [0.4, 0.5) is 0 Å². The molecule has 2 aromatic carbocycles. The van der Waals surface area contributed by atoms with E-state index in [4.69, 9.17) is 29.2 Å². The predicted octanol–water partition coefficient (Wildman–Crippen LogP) is 4.00. The van der Waals surface area contributed by atoms with Crippen molar-refractivity contribution in [2.24, 2.45) is 4.99 Å². The zero-order valence-electron chi connectivity index (χ0n) is 19.2. The van der Waals surface area contributed by atoms with Crippen LogP contribution in [0.25, 0.3) is 6.08 Å². The lowest BCUT2D eigenvalue weighted by molar-refractivity contribution is -0.114. The summed E-state index contributed by atoms with van der Waals surface area (Å²) in [5.74, 6) is 2.85. The largest absolute Gasteiger partial charge is 0.497 e. The number of nitrogens with zero attached hydrogens (tertiary/aromatic N) is 2. The topological polar surface area (TPSA) is 103 Å². The molecule has 0 saturated heterocycles. The molecule has 0 spiro atoms. The molecule has 4 rings (SSSR count). The summed E-state index contributed by atoms with van der Waals surface area (Å²) in [6.45, 7) is 4.70. The molecule has 9 heteroatoms. The molecule has 0 saturated carbocycles. The van der Waals surface area contributed by atoms with E-state index in [-0.39, 0.29) is 11.4 Å². The summed E-state index contributed by atoms with van der Waals surface area (Å²) >= 11 is 0. The van der Waals surface area contributed by atoms with Crippen molar-refractivity contribution >= 4 is 23.7 Å². The van der Waals surface area contributed by atoms with Crippen LogP contribution >= 0.6 is 0 Å². The van der Waals surface area contributed by atoms with Crippen LogP contribution in [-0.2, 0) is 9.63 Å². The van der Waals surface area contributed by atoms with E-state index in [0.29, 0.717) is 54.2 Å². The smallest absolute Gasteiger partial charge is 0.282 e. The van der Waals surface area contributed by atoms with Gasteiger partial charge in [-0.25, -0.2) is 0 Å². The Morgan fingerprint density at radius 3 is 2.50 bits per heavy atom. The number of benzene rings is 2. The summed E-state index contributed by atoms with van der Waals surface area (Å²) in [5.41, 5.74) is 0.789. The SMILES string of the molecule is CCOc1cc(/C=C2\C(=N)N3OC(C)=CC3=NC2=O)ccc1OCCOc1ccc(OC)cc1. The molecule has 1 amide bonds. The molecule has 9 nitrogen and oxygen atoms in total. The Bertz CT molecular complexity index is 1180. The summed E-state index contributed by atoms with van der Waals surface area (Å²) in [6.07, 6.45) is 3.20. The Morgan fingerprint density at radius 1 is 1.03 bits per heavy atom. The van der Waals surface area contributed by atoms with Crippen molar-refractivity contribution in [1.82, 2.24) is 5.06 Å². The Kier molecular flexibility index (Phi) is 6.82. The fourth-order valence-electron chi connectivity index (χ4n) is 3.35. The van der Waals surface area contributed by atoms with E-state index in [1.165, 1.54) is 5.06 Å². The minimum atomic E-state index is -0.500. The summed E-state index contributed by atoms with van der Waals surface area (Å²) in [4.78, 5) is 21.9. The van der Waals surface area contributed by atoms with Gasteiger partial charge in [-0.3, -0.25) is 10.2 Å². The number of amidine groups is 2. The van der Waals surface area contributed by atoms with E-state index in [9.17, 15) is 4.79 Å². The van der Waals surface area contributed by atoms with Crippen LogP contribution in [0.2, 0.25) is 0 Å². The highest BCUT2D eigenvalue weighted by Gasteiger charge is 2.34. The number of ether oxygens (including phenoxy) is 4. The second-order valence-corrected chi connectivity index (χ2v) is 7.33. The van der Waals surface area contributed by atoms with Gasteiger partial charge >= 0.3 is 0 Å². The van der Waals surface area contributed by atoms with Gasteiger partial charge in [0.2, 0.25) is 0 Å². The number of carbonyl (C=O) groups excluding carboxylic acids is 1. The number of hydrogen-bond acceptors (Lipinski definition) is 7. The van der Waals surface area contributed by atoms with Gasteiger partial charge in [0.15, 0.2) is 23.2 Å². The fraction of sp³-hybridized carbons (Fsp3) is 0.240. The molecule has 1 N–H and O–H groups in total. The Labute approximate surface area is 197 Å². The number of aliphatic imine (C=N–C) groups is 1. The van der Waals surface area contributed by atoms with Crippen LogP contribution in [-0.4, -0.2) is 49.6 Å². The molecule has 176 valence electrons. The first-order valence-corrected chi connectivity index (χ1v) is 10.7. The number of fused-ring (bicyclic) bond motifs is 1. The van der Waals surface area contributed by atoms with Crippen molar-refractivity contribution in [2.75, 3.05) is 26.9 Å². The number of hydrogen-bond donors (Lipinski definition) is 1. The van der Waals surface area contributed by atoms with Crippen LogP contribution in [0.3, 0.4) is 0 Å². The van der Waals surface area contributed by atoms with Crippen LogP contribution in [0.15, 0.2) is 64.9 Å². The third-order valence-electron chi connectivity index (χ3n) is 4.93. The molecule has 0 atom stereocenters. The van der Waals surface area contributed by atoms with Crippen LogP contribution in [0.1, 0.15) is 19.4 Å². The number of methoxy groups -OCH3 is 1. The standard InChI is InChI=1S/C25H25N3O6/c1-4-31-22-15-17(14-20-24(26)28-23(27-25(20)29)13-16(2)34-28)5-10-21(22)33-12-11-32-19-8-6-18(30-3)7-9-19/h5-10,13-15,26H,4,11-12H2,1-3H3/b20-14+,26-24?. The number of allylic oxidation sites excluding steroid dienone is 1. The lowest BCUT2D eigenvalue weighted by Gasteiger charge is -2.23. The van der Waals surface area contributed by atoms with E-state index < -0.39 is 5.91 Å². The monoisotopic (exact) mass is 463 g/mol. The van der Waals surface area contributed by atoms with Gasteiger partial charge in [-0.15, -0.1) is 5.06 Å². The molecular weight excluding hydrogens is 438 g/mol. The lowest BCUT2D eigenvalue weighted by atomic mass is 10.1. The average Bonchev–Trinajstić information content (AvgIpc) is 3.21. The zero-order chi connectivity index (χ0) is 24.1. The average molecular weight is 463 g/mol. The number of nitrogens with one attached hydrogen (secondary N) is 1. The Balaban J connectivity index is 1.43. The van der Waals surface area contributed by atoms with Crippen molar-refractivity contribution in [3.05, 3.63) is 65.4 Å². The van der Waals surface area contributed by atoms with Gasteiger partial charge in [-0.2, -0.15) is 4.99 Å². The Hall–Kier alpha value is -4.27. The van der Waals surface area contributed by atoms with E-state index in [1.54, 1.807) is 44.4 Å². The maximum atomic E-state index is 12.5. The molecule has 0 unspecified atom stereocenters. The third kappa shape index (κ3) is 5.03. The summed E-state index contributed by atoms with van der Waals surface area (Å²) in [7, 11) is 1.61. The third-order valence-corrected chi connectivity index (χ3v) is 4.93. The van der Waals surface area contributed by atoms with Crippen molar-refractivity contribution in [3.63, 3.8) is 0 Å². The van der Waals surface area contributed by atoms with Crippen LogP contribution in [0, 0.1) is 5.41 Å². The molecule has 0 radical (unpaired) electrons. The molecule has 0 fully saturated rings. The molecule has 0 bridgehead atoms.